The fourth-order valence-corrected chi connectivity index (χ4v) is 2.78. The molecule has 0 aliphatic carbocycles. The minimum Gasteiger partial charge on any atom is -0.302 e. The van der Waals surface area contributed by atoms with Gasteiger partial charge in [0.15, 0.2) is 0 Å². The number of hydrogen-bond donors (Lipinski definition) is 0. The number of rotatable bonds is 5. The van der Waals surface area contributed by atoms with Gasteiger partial charge in [0.2, 0.25) is 0 Å². The van der Waals surface area contributed by atoms with Crippen LogP contribution >= 0.6 is 15.9 Å². The second kappa shape index (κ2) is 6.19. The van der Waals surface area contributed by atoms with E-state index in [1.54, 1.807) is 0 Å². The highest BCUT2D eigenvalue weighted by Crippen LogP contribution is 2.38. The van der Waals surface area contributed by atoms with Gasteiger partial charge in [-0.2, -0.15) is 0 Å². The van der Waals surface area contributed by atoms with Crippen molar-refractivity contribution >= 4 is 22.2 Å². The van der Waals surface area contributed by atoms with E-state index in [-0.39, 0.29) is 5.92 Å². The number of halogens is 1. The normalized spacial score (nSPS) is 15.1. The molecule has 0 radical (unpaired) electrons. The summed E-state index contributed by atoms with van der Waals surface area (Å²) in [4.78, 5) is 11.8. The van der Waals surface area contributed by atoms with Crippen LogP contribution in [0.1, 0.15) is 24.0 Å². The number of carbonyl (C=O) groups excluding carboxylic acids is 1. The highest BCUT2D eigenvalue weighted by Gasteiger charge is 2.35. The maximum Gasteiger partial charge on any atom is 0.131 e. The number of allylic oxidation sites excluding steroid dienone is 1. The zero-order valence-electron chi connectivity index (χ0n) is 11.4. The van der Waals surface area contributed by atoms with Gasteiger partial charge in [-0.3, -0.25) is 0 Å². The first-order valence-corrected chi connectivity index (χ1v) is 7.31. The number of hydrogen-bond acceptors (Lipinski definition) is 1. The average Bonchev–Trinajstić information content (AvgIpc) is 2.49. The lowest BCUT2D eigenvalue weighted by Crippen LogP contribution is -2.31. The Hall–Kier alpha value is -1.67. The molecule has 2 rings (SSSR count). The van der Waals surface area contributed by atoms with E-state index < -0.39 is 5.41 Å². The van der Waals surface area contributed by atoms with Crippen molar-refractivity contribution in [2.45, 2.75) is 18.3 Å². The third-order valence-corrected chi connectivity index (χ3v) is 4.28. The summed E-state index contributed by atoms with van der Waals surface area (Å²) in [6.45, 7) is 5.89. The monoisotopic (exact) mass is 328 g/mol. The van der Waals surface area contributed by atoms with Crippen molar-refractivity contribution in [2.24, 2.45) is 0 Å². The van der Waals surface area contributed by atoms with Gasteiger partial charge in [-0.1, -0.05) is 64.5 Å². The van der Waals surface area contributed by atoms with Crippen LogP contribution in [0.5, 0.6) is 0 Å². The molecule has 2 heteroatoms. The van der Waals surface area contributed by atoms with Crippen LogP contribution in [0.3, 0.4) is 0 Å². The smallest absolute Gasteiger partial charge is 0.131 e. The van der Waals surface area contributed by atoms with E-state index in [4.69, 9.17) is 0 Å². The lowest BCUT2D eigenvalue weighted by molar-refractivity contribution is -0.112. The van der Waals surface area contributed by atoms with Crippen LogP contribution in [-0.2, 0) is 10.2 Å². The van der Waals surface area contributed by atoms with Crippen LogP contribution in [-0.4, -0.2) is 6.29 Å². The molecule has 0 spiro atoms. The Morgan fingerprint density at radius 3 is 2.20 bits per heavy atom. The van der Waals surface area contributed by atoms with Crippen LogP contribution in [0.2, 0.25) is 0 Å². The maximum absolute atomic E-state index is 11.8. The molecule has 20 heavy (non-hydrogen) atoms. The average molecular weight is 329 g/mol. The van der Waals surface area contributed by atoms with Gasteiger partial charge in [0.05, 0.1) is 5.41 Å². The Labute approximate surface area is 128 Å². The lowest BCUT2D eigenvalue weighted by atomic mass is 9.70. The van der Waals surface area contributed by atoms with Gasteiger partial charge in [-0.15, -0.1) is 6.58 Å². The molecule has 0 unspecified atom stereocenters. The minimum absolute atomic E-state index is 0.0534. The van der Waals surface area contributed by atoms with Crippen molar-refractivity contribution in [1.82, 2.24) is 0 Å². The van der Waals surface area contributed by atoms with Gasteiger partial charge in [-0.25, -0.2) is 0 Å². The molecule has 0 saturated heterocycles. The highest BCUT2D eigenvalue weighted by atomic mass is 79.9. The maximum atomic E-state index is 11.8. The molecule has 1 nitrogen and oxygen atoms in total. The van der Waals surface area contributed by atoms with Crippen LogP contribution in [0.4, 0.5) is 0 Å². The van der Waals surface area contributed by atoms with E-state index in [0.717, 1.165) is 21.9 Å². The van der Waals surface area contributed by atoms with Crippen LogP contribution in [0.15, 0.2) is 71.7 Å². The SMILES string of the molecule is C=C[C@@H](c1ccccc1)[C@@](C)(C=O)c1ccc(Br)cc1. The highest BCUT2D eigenvalue weighted by molar-refractivity contribution is 9.10. The first kappa shape index (κ1) is 14.7. The molecule has 0 saturated carbocycles. The molecule has 0 amide bonds. The van der Waals surface area contributed by atoms with Crippen molar-refractivity contribution in [3.8, 4) is 0 Å². The summed E-state index contributed by atoms with van der Waals surface area (Å²) in [5.41, 5.74) is 1.47. The van der Waals surface area contributed by atoms with Gasteiger partial charge in [0, 0.05) is 10.4 Å². The lowest BCUT2D eigenvalue weighted by Gasteiger charge is -2.32. The van der Waals surface area contributed by atoms with Gasteiger partial charge >= 0.3 is 0 Å². The topological polar surface area (TPSA) is 17.1 Å². The number of aldehydes is 1. The van der Waals surface area contributed by atoms with Gasteiger partial charge in [-0.05, 0) is 30.2 Å². The molecule has 2 atom stereocenters. The first-order chi connectivity index (χ1) is 9.61. The van der Waals surface area contributed by atoms with Crippen molar-refractivity contribution < 1.29 is 4.79 Å². The van der Waals surface area contributed by atoms with Crippen LogP contribution < -0.4 is 0 Å². The van der Waals surface area contributed by atoms with Gasteiger partial charge < -0.3 is 4.79 Å². The second-order valence-corrected chi connectivity index (χ2v) is 5.95. The molecule has 2 aromatic carbocycles. The predicted molar refractivity (Wildman–Crippen MR) is 86.9 cm³/mol. The van der Waals surface area contributed by atoms with Crippen molar-refractivity contribution in [2.75, 3.05) is 0 Å². The van der Waals surface area contributed by atoms with Crippen molar-refractivity contribution in [3.63, 3.8) is 0 Å². The van der Waals surface area contributed by atoms with Crippen molar-refractivity contribution in [1.29, 1.82) is 0 Å². The number of carbonyl (C=O) groups is 1. The summed E-state index contributed by atoms with van der Waals surface area (Å²) in [7, 11) is 0. The van der Waals surface area contributed by atoms with E-state index in [1.165, 1.54) is 0 Å². The second-order valence-electron chi connectivity index (χ2n) is 5.03. The van der Waals surface area contributed by atoms with E-state index in [2.05, 4.69) is 22.5 Å². The Balaban J connectivity index is 2.50. The van der Waals surface area contributed by atoms with Crippen LogP contribution in [0.25, 0.3) is 0 Å². The van der Waals surface area contributed by atoms with Crippen LogP contribution in [0, 0.1) is 0 Å². The van der Waals surface area contributed by atoms with Crippen molar-refractivity contribution in [3.05, 3.63) is 82.9 Å². The summed E-state index contributed by atoms with van der Waals surface area (Å²) < 4.78 is 1.00. The molecule has 0 N–H and O–H groups in total. The molecular weight excluding hydrogens is 312 g/mol. The fourth-order valence-electron chi connectivity index (χ4n) is 2.52. The molecule has 2 aromatic rings. The molecular formula is C18H17BrO. The third kappa shape index (κ3) is 2.75. The zero-order chi connectivity index (χ0) is 14.6. The zero-order valence-corrected chi connectivity index (χ0v) is 13.0. The van der Waals surface area contributed by atoms with E-state index in [1.807, 2.05) is 67.6 Å². The molecule has 0 aliphatic rings. The van der Waals surface area contributed by atoms with Gasteiger partial charge in [0.25, 0.3) is 0 Å². The summed E-state index contributed by atoms with van der Waals surface area (Å²) >= 11 is 3.42. The minimum atomic E-state index is -0.621. The summed E-state index contributed by atoms with van der Waals surface area (Å²) in [6.07, 6.45) is 2.88. The van der Waals surface area contributed by atoms with E-state index >= 15 is 0 Å². The van der Waals surface area contributed by atoms with E-state index in [9.17, 15) is 4.79 Å². The Kier molecular flexibility index (Phi) is 4.56. The molecule has 0 aromatic heterocycles. The first-order valence-electron chi connectivity index (χ1n) is 6.51. The molecule has 0 aliphatic heterocycles. The molecule has 0 bridgehead atoms. The Morgan fingerprint density at radius 1 is 1.10 bits per heavy atom. The quantitative estimate of drug-likeness (QED) is 0.565. The van der Waals surface area contributed by atoms with E-state index in [0.29, 0.717) is 0 Å². The Bertz CT molecular complexity index is 589. The summed E-state index contributed by atoms with van der Waals surface area (Å²) in [5.74, 6) is -0.0534. The predicted octanol–water partition coefficient (Wildman–Crippen LogP) is 4.88. The number of benzene rings is 2. The molecule has 0 heterocycles. The third-order valence-electron chi connectivity index (χ3n) is 3.75. The summed E-state index contributed by atoms with van der Waals surface area (Å²) in [5, 5.41) is 0. The molecule has 0 fully saturated rings. The van der Waals surface area contributed by atoms with Gasteiger partial charge in [0.1, 0.15) is 6.29 Å². The standard InChI is InChI=1S/C18H17BrO/c1-3-17(14-7-5-4-6-8-14)18(2,13-20)15-9-11-16(19)12-10-15/h3-13,17H,1H2,2H3/t17-,18-/m0/s1. The largest absolute Gasteiger partial charge is 0.302 e. The molecule has 102 valence electrons. The Morgan fingerprint density at radius 2 is 1.70 bits per heavy atom. The fraction of sp³-hybridized carbons (Fsp3) is 0.167. The summed E-state index contributed by atoms with van der Waals surface area (Å²) in [6, 6.07) is 17.9.